The number of nitrogens with one attached hydrogen (secondary N) is 2. The molecule has 45 heavy (non-hydrogen) atoms. The fourth-order valence-electron chi connectivity index (χ4n) is 6.07. The number of amides is 2. The molecule has 0 saturated carbocycles. The molecular formula is C33H46N6O5Si. The van der Waals surface area contributed by atoms with Crippen molar-refractivity contribution in [2.45, 2.75) is 76.7 Å². The summed E-state index contributed by atoms with van der Waals surface area (Å²) in [6, 6.07) is 9.29. The lowest BCUT2D eigenvalue weighted by Gasteiger charge is -2.48. The van der Waals surface area contributed by atoms with Gasteiger partial charge in [0.05, 0.1) is 40.9 Å². The van der Waals surface area contributed by atoms with E-state index in [1.54, 1.807) is 18.5 Å². The van der Waals surface area contributed by atoms with E-state index in [2.05, 4.69) is 67.4 Å². The Balaban J connectivity index is 1.39. The third-order valence-electron chi connectivity index (χ3n) is 9.59. The smallest absolute Gasteiger partial charge is 0.405 e. The lowest BCUT2D eigenvalue weighted by Crippen LogP contribution is -2.62. The van der Waals surface area contributed by atoms with Crippen molar-refractivity contribution >= 4 is 48.3 Å². The average molecular weight is 635 g/mol. The third-order valence-corrected chi connectivity index (χ3v) is 14.1. The van der Waals surface area contributed by atoms with Crippen molar-refractivity contribution in [2.75, 3.05) is 42.3 Å². The maximum Gasteiger partial charge on any atom is 0.405 e. The molecule has 2 saturated heterocycles. The van der Waals surface area contributed by atoms with Gasteiger partial charge < -0.3 is 35.5 Å². The molecule has 12 heteroatoms. The van der Waals surface area contributed by atoms with E-state index >= 15 is 0 Å². The first-order chi connectivity index (χ1) is 21.2. The topological polar surface area (TPSA) is 152 Å². The highest BCUT2D eigenvalue weighted by atomic mass is 28.4. The van der Waals surface area contributed by atoms with Gasteiger partial charge in [-0.05, 0) is 60.7 Å². The lowest BCUT2D eigenvalue weighted by molar-refractivity contribution is 0.0722. The molecule has 2 aliphatic rings. The Hall–Kier alpha value is -3.74. The molecule has 2 fully saturated rings. The van der Waals surface area contributed by atoms with Crippen LogP contribution < -0.4 is 21.3 Å². The molecule has 0 aliphatic carbocycles. The summed E-state index contributed by atoms with van der Waals surface area (Å²) in [5, 5.41) is 16.3. The Bertz CT molecular complexity index is 1550. The number of nitrogen functional groups attached to an aromatic ring is 1. The number of ether oxygens (including phenoxy) is 1. The first kappa shape index (κ1) is 32.6. The molecule has 0 radical (unpaired) electrons. The zero-order valence-corrected chi connectivity index (χ0v) is 28.1. The molecular weight excluding hydrogens is 588 g/mol. The molecule has 5 rings (SSSR count). The number of benzene rings is 1. The Kier molecular flexibility index (Phi) is 9.38. The Labute approximate surface area is 266 Å². The van der Waals surface area contributed by atoms with E-state index in [0.717, 1.165) is 37.1 Å². The highest BCUT2D eigenvalue weighted by Gasteiger charge is 2.45. The Morgan fingerprint density at radius 2 is 1.87 bits per heavy atom. The number of nitrogens with zero attached hydrogens (tertiary/aromatic N) is 3. The molecule has 4 heterocycles. The van der Waals surface area contributed by atoms with E-state index in [-0.39, 0.29) is 28.4 Å². The van der Waals surface area contributed by atoms with E-state index < -0.39 is 26.4 Å². The van der Waals surface area contributed by atoms with Crippen LogP contribution in [0.25, 0.3) is 10.9 Å². The number of rotatable bonds is 7. The summed E-state index contributed by atoms with van der Waals surface area (Å²) < 4.78 is 12.3. The van der Waals surface area contributed by atoms with Crippen molar-refractivity contribution in [3.05, 3.63) is 54.0 Å². The van der Waals surface area contributed by atoms with E-state index in [1.165, 1.54) is 5.56 Å². The summed E-state index contributed by atoms with van der Waals surface area (Å²) in [6.45, 7) is 15.4. The quantitative estimate of drug-likeness (QED) is 0.235. The maximum absolute atomic E-state index is 13.7. The lowest BCUT2D eigenvalue weighted by atomic mass is 9.91. The number of carbonyl (C=O) groups excluding carboxylic acids is 1. The first-order valence-corrected chi connectivity index (χ1v) is 18.6. The van der Waals surface area contributed by atoms with Gasteiger partial charge in [-0.1, -0.05) is 39.8 Å². The average Bonchev–Trinajstić information content (AvgIpc) is 2.98. The third kappa shape index (κ3) is 7.23. The van der Waals surface area contributed by atoms with Crippen LogP contribution in [0, 0.1) is 5.92 Å². The van der Waals surface area contributed by atoms with Crippen molar-refractivity contribution in [3.8, 4) is 0 Å². The van der Waals surface area contributed by atoms with Gasteiger partial charge in [-0.3, -0.25) is 9.78 Å². The largest absolute Gasteiger partial charge is 0.465 e. The minimum Gasteiger partial charge on any atom is -0.465 e. The standard InChI is InChI=1S/C33H46N6O5Si/c1-20-18-39(19-27(38-32(41)42)30(20)44-45(5,6)33(2,3)4)28-9-12-35-17-26(28)37-31(40)29-24(34)15-23-8-7-22(16-25(23)36-29)21-10-13-43-14-11-21/h7-9,12,15-17,20-21,27,30,38H,10-11,13-14,18-19,34H2,1-6H3,(H,37,40)(H,41,42)/t20-,27+,30+/m0/s1. The molecule has 2 aromatic heterocycles. The number of hydrogen-bond acceptors (Lipinski definition) is 8. The van der Waals surface area contributed by atoms with Crippen LogP contribution in [0.4, 0.5) is 21.9 Å². The first-order valence-electron chi connectivity index (χ1n) is 15.7. The number of aromatic nitrogens is 2. The Morgan fingerprint density at radius 3 is 2.56 bits per heavy atom. The van der Waals surface area contributed by atoms with Gasteiger partial charge in [-0.2, -0.15) is 0 Å². The predicted octanol–water partition coefficient (Wildman–Crippen LogP) is 5.84. The zero-order chi connectivity index (χ0) is 32.5. The molecule has 3 aromatic rings. The summed E-state index contributed by atoms with van der Waals surface area (Å²) in [5.74, 6) is -0.0373. The van der Waals surface area contributed by atoms with Crippen molar-refractivity contribution < 1.29 is 23.9 Å². The van der Waals surface area contributed by atoms with Gasteiger partial charge in [0, 0.05) is 43.8 Å². The highest BCUT2D eigenvalue weighted by molar-refractivity contribution is 6.74. The maximum atomic E-state index is 13.7. The van der Waals surface area contributed by atoms with E-state index in [4.69, 9.17) is 19.9 Å². The van der Waals surface area contributed by atoms with E-state index in [1.807, 2.05) is 18.2 Å². The van der Waals surface area contributed by atoms with Gasteiger partial charge in [0.2, 0.25) is 0 Å². The fraction of sp³-hybridized carbons (Fsp3) is 0.515. The zero-order valence-electron chi connectivity index (χ0n) is 27.1. The fourth-order valence-corrected chi connectivity index (χ4v) is 7.50. The molecule has 2 amide bonds. The molecule has 0 spiro atoms. The number of piperidine rings is 1. The second kappa shape index (κ2) is 12.9. The normalized spacial score (nSPS) is 21.5. The molecule has 242 valence electrons. The monoisotopic (exact) mass is 634 g/mol. The molecule has 5 N–H and O–H groups in total. The molecule has 1 aromatic carbocycles. The molecule has 2 aliphatic heterocycles. The van der Waals surface area contributed by atoms with Gasteiger partial charge in [-0.15, -0.1) is 0 Å². The van der Waals surface area contributed by atoms with Crippen LogP contribution in [0.15, 0.2) is 42.7 Å². The van der Waals surface area contributed by atoms with Crippen LogP contribution in [0.2, 0.25) is 18.1 Å². The summed E-state index contributed by atoms with van der Waals surface area (Å²) in [4.78, 5) is 36.6. The number of fused-ring (bicyclic) bond motifs is 1. The van der Waals surface area contributed by atoms with Crippen molar-refractivity contribution in [1.29, 1.82) is 0 Å². The van der Waals surface area contributed by atoms with Crippen LogP contribution in [0.3, 0.4) is 0 Å². The van der Waals surface area contributed by atoms with Crippen LogP contribution >= 0.6 is 0 Å². The summed E-state index contributed by atoms with van der Waals surface area (Å²) in [7, 11) is -2.18. The van der Waals surface area contributed by atoms with E-state index in [0.29, 0.717) is 30.2 Å². The van der Waals surface area contributed by atoms with Crippen molar-refractivity contribution in [3.63, 3.8) is 0 Å². The van der Waals surface area contributed by atoms with E-state index in [9.17, 15) is 14.7 Å². The van der Waals surface area contributed by atoms with Crippen LogP contribution in [0.1, 0.15) is 62.5 Å². The number of nitrogens with two attached hydrogens (primary N) is 1. The van der Waals surface area contributed by atoms with Crippen molar-refractivity contribution in [2.24, 2.45) is 5.92 Å². The number of anilines is 3. The number of carboxylic acid groups (broad SMARTS) is 1. The van der Waals surface area contributed by atoms with Crippen molar-refractivity contribution in [1.82, 2.24) is 15.3 Å². The van der Waals surface area contributed by atoms with Gasteiger partial charge in [0.15, 0.2) is 14.0 Å². The van der Waals surface area contributed by atoms with Gasteiger partial charge in [0.1, 0.15) is 0 Å². The second-order valence-corrected chi connectivity index (χ2v) is 18.6. The van der Waals surface area contributed by atoms with Gasteiger partial charge >= 0.3 is 6.09 Å². The number of pyridine rings is 2. The Morgan fingerprint density at radius 1 is 1.13 bits per heavy atom. The molecule has 3 atom stereocenters. The minimum atomic E-state index is -2.18. The summed E-state index contributed by atoms with van der Waals surface area (Å²) in [5.41, 5.74) is 9.88. The predicted molar refractivity (Wildman–Crippen MR) is 180 cm³/mol. The molecule has 0 bridgehead atoms. The van der Waals surface area contributed by atoms with Crippen LogP contribution in [-0.2, 0) is 9.16 Å². The van der Waals surface area contributed by atoms with Gasteiger partial charge in [0.25, 0.3) is 5.91 Å². The second-order valence-electron chi connectivity index (χ2n) is 13.9. The molecule has 11 nitrogen and oxygen atoms in total. The van der Waals surface area contributed by atoms with Crippen LogP contribution in [-0.4, -0.2) is 73.8 Å². The summed E-state index contributed by atoms with van der Waals surface area (Å²) in [6.07, 6.45) is 3.78. The van der Waals surface area contributed by atoms with Gasteiger partial charge in [-0.25, -0.2) is 9.78 Å². The van der Waals surface area contributed by atoms with Crippen LogP contribution in [0.5, 0.6) is 0 Å². The molecule has 0 unspecified atom stereocenters. The number of carbonyl (C=O) groups is 2. The highest BCUT2D eigenvalue weighted by Crippen LogP contribution is 2.40. The summed E-state index contributed by atoms with van der Waals surface area (Å²) >= 11 is 0. The number of hydrogen-bond donors (Lipinski definition) is 4. The minimum absolute atomic E-state index is 0.00385. The SMILES string of the molecule is C[C@H]1CN(c2ccncc2NC(=O)c2nc3cc(C4CCOCC4)ccc3cc2N)C[C@@H](NC(=O)O)[C@@H]1O[Si](C)(C)C(C)(C)C.